The molecule has 0 spiro atoms. The van der Waals surface area contributed by atoms with Crippen LogP contribution in [0.1, 0.15) is 32.6 Å². The third kappa shape index (κ3) is 3.19. The normalized spacial score (nSPS) is 34.3. The van der Waals surface area contributed by atoms with Crippen molar-refractivity contribution in [2.45, 2.75) is 44.7 Å². The summed E-state index contributed by atoms with van der Waals surface area (Å²) < 4.78 is 5.22. The smallest absolute Gasteiger partial charge is 0.0589 e. The molecule has 1 saturated carbocycles. The van der Waals surface area contributed by atoms with E-state index in [0.29, 0.717) is 0 Å². The molecule has 16 heavy (non-hydrogen) atoms. The fourth-order valence-electron chi connectivity index (χ4n) is 2.99. The summed E-state index contributed by atoms with van der Waals surface area (Å²) in [7, 11) is 1.80. The van der Waals surface area contributed by atoms with Crippen LogP contribution in [0.2, 0.25) is 0 Å². The monoisotopic (exact) mass is 226 g/mol. The van der Waals surface area contributed by atoms with E-state index in [0.717, 1.165) is 31.2 Å². The zero-order valence-electron chi connectivity index (χ0n) is 10.7. The predicted molar refractivity (Wildman–Crippen MR) is 66.7 cm³/mol. The van der Waals surface area contributed by atoms with E-state index in [9.17, 15) is 0 Å². The Labute approximate surface area is 99.5 Å². The summed E-state index contributed by atoms with van der Waals surface area (Å²) in [6, 6.07) is 1.56. The standard InChI is InChI=1S/C13H26N2O/c1-11-8-13(9-11)15(6-7-16-2)10-12-4-3-5-14-12/h11-14H,3-10H2,1-2H3. The first-order valence-electron chi connectivity index (χ1n) is 6.76. The van der Waals surface area contributed by atoms with Crippen LogP contribution < -0.4 is 5.32 Å². The molecular formula is C13H26N2O. The summed E-state index contributed by atoms with van der Waals surface area (Å²) in [6.45, 7) is 6.77. The Balaban J connectivity index is 1.76. The molecule has 1 aliphatic carbocycles. The van der Waals surface area contributed by atoms with Gasteiger partial charge in [-0.15, -0.1) is 0 Å². The van der Waals surface area contributed by atoms with E-state index in [1.165, 1.54) is 38.8 Å². The molecule has 1 N–H and O–H groups in total. The van der Waals surface area contributed by atoms with Crippen molar-refractivity contribution in [2.75, 3.05) is 33.4 Å². The second kappa shape index (κ2) is 5.99. The zero-order chi connectivity index (χ0) is 11.4. The van der Waals surface area contributed by atoms with Gasteiger partial charge in [0.05, 0.1) is 6.61 Å². The number of rotatable bonds is 6. The zero-order valence-corrected chi connectivity index (χ0v) is 10.7. The van der Waals surface area contributed by atoms with Crippen molar-refractivity contribution in [3.8, 4) is 0 Å². The molecule has 94 valence electrons. The van der Waals surface area contributed by atoms with Gasteiger partial charge in [-0.25, -0.2) is 0 Å². The summed E-state index contributed by atoms with van der Waals surface area (Å²) in [5.41, 5.74) is 0. The molecule has 0 radical (unpaired) electrons. The van der Waals surface area contributed by atoms with Crippen molar-refractivity contribution in [3.63, 3.8) is 0 Å². The molecule has 3 heteroatoms. The highest BCUT2D eigenvalue weighted by molar-refractivity contribution is 4.88. The Morgan fingerprint density at radius 1 is 1.38 bits per heavy atom. The van der Waals surface area contributed by atoms with Gasteiger partial charge in [0.2, 0.25) is 0 Å². The number of hydrogen-bond donors (Lipinski definition) is 1. The number of nitrogens with zero attached hydrogens (tertiary/aromatic N) is 1. The lowest BCUT2D eigenvalue weighted by Crippen LogP contribution is -2.49. The summed E-state index contributed by atoms with van der Waals surface area (Å²) in [5.74, 6) is 0.937. The van der Waals surface area contributed by atoms with E-state index in [1.807, 2.05) is 0 Å². The van der Waals surface area contributed by atoms with Crippen LogP contribution in [0.3, 0.4) is 0 Å². The molecule has 1 aliphatic heterocycles. The first kappa shape index (κ1) is 12.3. The third-order valence-corrected chi connectivity index (χ3v) is 4.07. The highest BCUT2D eigenvalue weighted by Gasteiger charge is 2.32. The fourth-order valence-corrected chi connectivity index (χ4v) is 2.99. The van der Waals surface area contributed by atoms with Crippen LogP contribution in [0.5, 0.6) is 0 Å². The lowest BCUT2D eigenvalue weighted by atomic mass is 9.80. The van der Waals surface area contributed by atoms with Gasteiger partial charge in [0.15, 0.2) is 0 Å². The van der Waals surface area contributed by atoms with Gasteiger partial charge in [0, 0.05) is 32.3 Å². The number of nitrogens with one attached hydrogen (secondary N) is 1. The Hall–Kier alpha value is -0.120. The summed E-state index contributed by atoms with van der Waals surface area (Å²) in [4.78, 5) is 2.65. The van der Waals surface area contributed by atoms with Crippen molar-refractivity contribution < 1.29 is 4.74 Å². The van der Waals surface area contributed by atoms with Crippen molar-refractivity contribution >= 4 is 0 Å². The maximum atomic E-state index is 5.22. The molecule has 0 bridgehead atoms. The van der Waals surface area contributed by atoms with E-state index in [-0.39, 0.29) is 0 Å². The molecule has 1 atom stereocenters. The molecule has 1 unspecified atom stereocenters. The van der Waals surface area contributed by atoms with Crippen molar-refractivity contribution in [2.24, 2.45) is 5.92 Å². The second-order valence-electron chi connectivity index (χ2n) is 5.51. The molecule has 0 aromatic carbocycles. The molecule has 0 amide bonds. The van der Waals surface area contributed by atoms with Gasteiger partial charge in [-0.3, -0.25) is 4.90 Å². The van der Waals surface area contributed by atoms with Gasteiger partial charge >= 0.3 is 0 Å². The molecule has 2 aliphatic rings. The van der Waals surface area contributed by atoms with Gasteiger partial charge in [0.25, 0.3) is 0 Å². The number of methoxy groups -OCH3 is 1. The van der Waals surface area contributed by atoms with Crippen molar-refractivity contribution in [1.82, 2.24) is 10.2 Å². The predicted octanol–water partition coefficient (Wildman–Crippen LogP) is 1.49. The summed E-state index contributed by atoms with van der Waals surface area (Å²) in [5, 5.41) is 3.60. The van der Waals surface area contributed by atoms with Crippen molar-refractivity contribution in [3.05, 3.63) is 0 Å². The Kier molecular flexibility index (Phi) is 4.62. The minimum absolute atomic E-state index is 0.729. The maximum Gasteiger partial charge on any atom is 0.0589 e. The molecule has 2 fully saturated rings. The van der Waals surface area contributed by atoms with Crippen LogP contribution in [0.25, 0.3) is 0 Å². The summed E-state index contributed by atoms with van der Waals surface area (Å²) >= 11 is 0. The van der Waals surface area contributed by atoms with E-state index in [4.69, 9.17) is 4.74 Å². The minimum atomic E-state index is 0.729. The average molecular weight is 226 g/mol. The largest absolute Gasteiger partial charge is 0.383 e. The maximum absolute atomic E-state index is 5.22. The molecule has 0 aromatic heterocycles. The molecule has 0 aromatic rings. The van der Waals surface area contributed by atoms with E-state index >= 15 is 0 Å². The van der Waals surface area contributed by atoms with Crippen LogP contribution in [0.4, 0.5) is 0 Å². The average Bonchev–Trinajstić information content (AvgIpc) is 2.72. The first-order chi connectivity index (χ1) is 7.79. The Morgan fingerprint density at radius 3 is 2.75 bits per heavy atom. The highest BCUT2D eigenvalue weighted by atomic mass is 16.5. The quantitative estimate of drug-likeness (QED) is 0.742. The van der Waals surface area contributed by atoms with Crippen LogP contribution in [0, 0.1) is 5.92 Å². The van der Waals surface area contributed by atoms with Gasteiger partial charge < -0.3 is 10.1 Å². The molecule has 2 rings (SSSR count). The van der Waals surface area contributed by atoms with Crippen LogP contribution >= 0.6 is 0 Å². The Morgan fingerprint density at radius 2 is 2.19 bits per heavy atom. The third-order valence-electron chi connectivity index (χ3n) is 4.07. The summed E-state index contributed by atoms with van der Waals surface area (Å²) in [6.07, 6.45) is 5.47. The van der Waals surface area contributed by atoms with Gasteiger partial charge in [-0.2, -0.15) is 0 Å². The molecular weight excluding hydrogens is 200 g/mol. The minimum Gasteiger partial charge on any atom is -0.383 e. The molecule has 1 saturated heterocycles. The van der Waals surface area contributed by atoms with Crippen molar-refractivity contribution in [1.29, 1.82) is 0 Å². The van der Waals surface area contributed by atoms with Crippen LogP contribution in [0.15, 0.2) is 0 Å². The van der Waals surface area contributed by atoms with Crippen LogP contribution in [-0.2, 0) is 4.74 Å². The fraction of sp³-hybridized carbons (Fsp3) is 1.00. The molecule has 3 nitrogen and oxygen atoms in total. The lowest BCUT2D eigenvalue weighted by Gasteiger charge is -2.42. The highest BCUT2D eigenvalue weighted by Crippen LogP contribution is 2.31. The van der Waals surface area contributed by atoms with Gasteiger partial charge in [-0.1, -0.05) is 6.92 Å². The lowest BCUT2D eigenvalue weighted by molar-refractivity contribution is 0.0527. The van der Waals surface area contributed by atoms with Gasteiger partial charge in [-0.05, 0) is 38.1 Å². The van der Waals surface area contributed by atoms with E-state index < -0.39 is 0 Å². The topological polar surface area (TPSA) is 24.5 Å². The van der Waals surface area contributed by atoms with Gasteiger partial charge in [0.1, 0.15) is 0 Å². The van der Waals surface area contributed by atoms with Crippen LogP contribution in [-0.4, -0.2) is 50.3 Å². The molecule has 1 heterocycles. The Bertz CT molecular complexity index is 198. The van der Waals surface area contributed by atoms with E-state index in [2.05, 4.69) is 17.1 Å². The number of hydrogen-bond acceptors (Lipinski definition) is 3. The second-order valence-corrected chi connectivity index (χ2v) is 5.51. The van der Waals surface area contributed by atoms with E-state index in [1.54, 1.807) is 7.11 Å². The number of ether oxygens (including phenoxy) is 1. The SMILES string of the molecule is COCCN(CC1CCCN1)C1CC(C)C1. The first-order valence-corrected chi connectivity index (χ1v) is 6.76.